The summed E-state index contributed by atoms with van der Waals surface area (Å²) in [5.41, 5.74) is -1.18. The Morgan fingerprint density at radius 3 is 2.75 bits per heavy atom. The molecule has 0 aromatic carbocycles. The number of piperidine rings is 1. The summed E-state index contributed by atoms with van der Waals surface area (Å²) in [5, 5.41) is 0. The lowest BCUT2D eigenvalue weighted by Gasteiger charge is -2.39. The molecule has 0 aromatic rings. The molecule has 2 atom stereocenters. The molecule has 0 aromatic heterocycles. The van der Waals surface area contributed by atoms with E-state index in [0.29, 0.717) is 6.54 Å². The van der Waals surface area contributed by atoms with E-state index in [9.17, 15) is 4.39 Å². The first-order valence-corrected chi connectivity index (χ1v) is 4.54. The highest BCUT2D eigenvalue weighted by Gasteiger charge is 2.39. The Hall–Kier alpha value is -0.150. The first-order valence-electron chi connectivity index (χ1n) is 4.54. The monoisotopic (exact) mass is 175 g/mol. The molecule has 1 aliphatic heterocycles. The third kappa shape index (κ3) is 1.96. The van der Waals surface area contributed by atoms with E-state index < -0.39 is 5.67 Å². The van der Waals surface area contributed by atoms with Crippen molar-refractivity contribution in [2.75, 3.05) is 26.7 Å². The van der Waals surface area contributed by atoms with Crippen LogP contribution in [0.5, 0.6) is 0 Å². The SMILES string of the molecule is CCN1CC[C@@H](OC)[C@@](C)(F)C1. The van der Waals surface area contributed by atoms with Gasteiger partial charge in [0, 0.05) is 20.2 Å². The second-order valence-electron chi connectivity index (χ2n) is 3.66. The highest BCUT2D eigenvalue weighted by Crippen LogP contribution is 2.26. The lowest BCUT2D eigenvalue weighted by atomic mass is 9.93. The third-order valence-corrected chi connectivity index (χ3v) is 2.64. The summed E-state index contributed by atoms with van der Waals surface area (Å²) in [4.78, 5) is 2.12. The Bertz CT molecular complexity index is 149. The van der Waals surface area contributed by atoms with E-state index in [1.165, 1.54) is 0 Å². The Morgan fingerprint density at radius 2 is 2.33 bits per heavy atom. The summed E-state index contributed by atoms with van der Waals surface area (Å²) in [6, 6.07) is 0. The lowest BCUT2D eigenvalue weighted by molar-refractivity contribution is -0.0771. The van der Waals surface area contributed by atoms with Crippen molar-refractivity contribution in [2.24, 2.45) is 0 Å². The fourth-order valence-electron chi connectivity index (χ4n) is 1.85. The molecule has 0 aliphatic carbocycles. The average molecular weight is 175 g/mol. The smallest absolute Gasteiger partial charge is 0.146 e. The van der Waals surface area contributed by atoms with Gasteiger partial charge in [-0.25, -0.2) is 4.39 Å². The normalized spacial score (nSPS) is 38.5. The number of ether oxygens (including phenoxy) is 1. The first-order chi connectivity index (χ1) is 5.60. The molecule has 1 rings (SSSR count). The minimum absolute atomic E-state index is 0.222. The highest BCUT2D eigenvalue weighted by molar-refractivity contribution is 4.91. The van der Waals surface area contributed by atoms with Gasteiger partial charge in [-0.3, -0.25) is 0 Å². The number of hydrogen-bond donors (Lipinski definition) is 0. The number of likely N-dealkylation sites (tertiary alicyclic amines) is 1. The van der Waals surface area contributed by atoms with Crippen molar-refractivity contribution in [1.29, 1.82) is 0 Å². The van der Waals surface area contributed by atoms with E-state index in [0.717, 1.165) is 19.5 Å². The summed E-state index contributed by atoms with van der Waals surface area (Å²) in [6.07, 6.45) is 0.581. The molecule has 0 spiro atoms. The van der Waals surface area contributed by atoms with Crippen LogP contribution in [0.4, 0.5) is 4.39 Å². The summed E-state index contributed by atoms with van der Waals surface area (Å²) in [6.45, 7) is 6.07. The summed E-state index contributed by atoms with van der Waals surface area (Å²) in [7, 11) is 1.59. The van der Waals surface area contributed by atoms with Gasteiger partial charge in [-0.15, -0.1) is 0 Å². The van der Waals surface area contributed by atoms with E-state index in [2.05, 4.69) is 11.8 Å². The summed E-state index contributed by atoms with van der Waals surface area (Å²) >= 11 is 0. The van der Waals surface area contributed by atoms with Crippen LogP contribution in [0.2, 0.25) is 0 Å². The van der Waals surface area contributed by atoms with Crippen molar-refractivity contribution in [3.05, 3.63) is 0 Å². The van der Waals surface area contributed by atoms with E-state index in [1.54, 1.807) is 14.0 Å². The predicted molar refractivity (Wildman–Crippen MR) is 47.0 cm³/mol. The van der Waals surface area contributed by atoms with Crippen LogP contribution in [0.25, 0.3) is 0 Å². The zero-order valence-corrected chi connectivity index (χ0v) is 8.14. The molecule has 72 valence electrons. The molecule has 0 saturated carbocycles. The number of nitrogens with zero attached hydrogens (tertiary/aromatic N) is 1. The van der Waals surface area contributed by atoms with Crippen LogP contribution in [0.3, 0.4) is 0 Å². The van der Waals surface area contributed by atoms with E-state index in [-0.39, 0.29) is 6.10 Å². The quantitative estimate of drug-likeness (QED) is 0.630. The van der Waals surface area contributed by atoms with Crippen LogP contribution in [0.15, 0.2) is 0 Å². The van der Waals surface area contributed by atoms with Gasteiger partial charge >= 0.3 is 0 Å². The molecule has 0 bridgehead atoms. The Balaban J connectivity index is 2.54. The second kappa shape index (κ2) is 3.71. The van der Waals surface area contributed by atoms with Crippen LogP contribution in [0.1, 0.15) is 20.3 Å². The van der Waals surface area contributed by atoms with Gasteiger partial charge in [-0.2, -0.15) is 0 Å². The average Bonchev–Trinajstić information content (AvgIpc) is 2.02. The molecule has 1 heterocycles. The molecule has 0 unspecified atom stereocenters. The van der Waals surface area contributed by atoms with Gasteiger partial charge in [0.05, 0.1) is 6.10 Å². The predicted octanol–water partition coefficient (Wildman–Crippen LogP) is 1.46. The molecule has 1 aliphatic rings. The van der Waals surface area contributed by atoms with E-state index >= 15 is 0 Å². The van der Waals surface area contributed by atoms with E-state index in [4.69, 9.17) is 4.74 Å². The van der Waals surface area contributed by atoms with Crippen LogP contribution in [-0.2, 0) is 4.74 Å². The van der Waals surface area contributed by atoms with Gasteiger partial charge in [0.15, 0.2) is 0 Å². The van der Waals surface area contributed by atoms with Crippen LogP contribution < -0.4 is 0 Å². The maximum absolute atomic E-state index is 13.8. The van der Waals surface area contributed by atoms with Crippen LogP contribution in [0, 0.1) is 0 Å². The third-order valence-electron chi connectivity index (χ3n) is 2.64. The van der Waals surface area contributed by atoms with Crippen molar-refractivity contribution in [2.45, 2.75) is 32.0 Å². The van der Waals surface area contributed by atoms with Crippen LogP contribution >= 0.6 is 0 Å². The maximum Gasteiger partial charge on any atom is 0.146 e. The molecule has 12 heavy (non-hydrogen) atoms. The molecule has 2 nitrogen and oxygen atoms in total. The highest BCUT2D eigenvalue weighted by atomic mass is 19.1. The maximum atomic E-state index is 13.8. The minimum atomic E-state index is -1.18. The van der Waals surface area contributed by atoms with Gasteiger partial charge < -0.3 is 9.64 Å². The van der Waals surface area contributed by atoms with E-state index in [1.807, 2.05) is 0 Å². The fourth-order valence-corrected chi connectivity index (χ4v) is 1.85. The molecule has 0 radical (unpaired) electrons. The van der Waals surface area contributed by atoms with Crippen molar-refractivity contribution in [3.8, 4) is 0 Å². The molecule has 0 amide bonds. The minimum Gasteiger partial charge on any atom is -0.378 e. The number of alkyl halides is 1. The van der Waals surface area contributed by atoms with Crippen molar-refractivity contribution >= 4 is 0 Å². The van der Waals surface area contributed by atoms with Gasteiger partial charge in [0.25, 0.3) is 0 Å². The van der Waals surface area contributed by atoms with Gasteiger partial charge in [0.2, 0.25) is 0 Å². The first kappa shape index (κ1) is 9.93. The molecule has 3 heteroatoms. The Labute approximate surface area is 73.7 Å². The molecule has 1 fully saturated rings. The van der Waals surface area contributed by atoms with Crippen molar-refractivity contribution < 1.29 is 9.13 Å². The van der Waals surface area contributed by atoms with Gasteiger partial charge in [-0.1, -0.05) is 6.92 Å². The largest absolute Gasteiger partial charge is 0.378 e. The lowest BCUT2D eigenvalue weighted by Crippen LogP contribution is -2.52. The summed E-state index contributed by atoms with van der Waals surface area (Å²) < 4.78 is 18.9. The zero-order valence-electron chi connectivity index (χ0n) is 8.14. The fraction of sp³-hybridized carbons (Fsp3) is 1.00. The van der Waals surface area contributed by atoms with Crippen molar-refractivity contribution in [3.63, 3.8) is 0 Å². The second-order valence-corrected chi connectivity index (χ2v) is 3.66. The standard InChI is InChI=1S/C9H18FNO/c1-4-11-6-5-8(12-3)9(2,10)7-11/h8H,4-7H2,1-3H3/t8-,9+/m1/s1. The number of methoxy groups -OCH3 is 1. The molecular weight excluding hydrogens is 157 g/mol. The molecular formula is C9H18FNO. The number of halogens is 1. The van der Waals surface area contributed by atoms with Crippen LogP contribution in [-0.4, -0.2) is 43.4 Å². The molecule has 1 saturated heterocycles. The van der Waals surface area contributed by atoms with Gasteiger partial charge in [0.1, 0.15) is 5.67 Å². The molecule has 0 N–H and O–H groups in total. The van der Waals surface area contributed by atoms with Crippen molar-refractivity contribution in [1.82, 2.24) is 4.90 Å². The zero-order chi connectivity index (χ0) is 9.19. The number of hydrogen-bond acceptors (Lipinski definition) is 2. The topological polar surface area (TPSA) is 12.5 Å². The number of rotatable bonds is 2. The summed E-state index contributed by atoms with van der Waals surface area (Å²) in [5.74, 6) is 0. The Kier molecular flexibility index (Phi) is 3.07. The van der Waals surface area contributed by atoms with Gasteiger partial charge in [-0.05, 0) is 19.9 Å². The Morgan fingerprint density at radius 1 is 1.67 bits per heavy atom.